The van der Waals surface area contributed by atoms with Gasteiger partial charge in [0.05, 0.1) is 16.3 Å². The maximum Gasteiger partial charge on any atom is 0.417 e. The molecule has 0 saturated carbocycles. The molecule has 4 aromatic rings. The van der Waals surface area contributed by atoms with Crippen LogP contribution in [0.5, 0.6) is 0 Å². The molecule has 0 bridgehead atoms. The summed E-state index contributed by atoms with van der Waals surface area (Å²) in [5, 5.41) is 15.2. The van der Waals surface area contributed by atoms with Gasteiger partial charge in [-0.1, -0.05) is 11.6 Å². The van der Waals surface area contributed by atoms with Gasteiger partial charge in [-0.2, -0.15) is 18.3 Å². The molecule has 2 aromatic carbocycles. The quantitative estimate of drug-likeness (QED) is 0.188. The van der Waals surface area contributed by atoms with Gasteiger partial charge in [0.1, 0.15) is 11.6 Å². The first-order valence-corrected chi connectivity index (χ1v) is 12.0. The molecule has 0 aliphatic heterocycles. The Morgan fingerprint density at radius 1 is 0.946 bits per heavy atom. The number of urea groups is 1. The van der Waals surface area contributed by atoms with Crippen molar-refractivity contribution in [1.29, 1.82) is 0 Å². The van der Waals surface area contributed by atoms with Gasteiger partial charge in [0.2, 0.25) is 0 Å². The Bertz CT molecular complexity index is 1460. The Morgan fingerprint density at radius 3 is 2.30 bits per heavy atom. The Balaban J connectivity index is 1.43. The lowest BCUT2D eigenvalue weighted by Crippen LogP contribution is -2.20. The van der Waals surface area contributed by atoms with E-state index in [4.69, 9.17) is 11.6 Å². The molecule has 0 radical (unpaired) electrons. The number of H-pyrrole nitrogens is 1. The van der Waals surface area contributed by atoms with Gasteiger partial charge in [0.15, 0.2) is 5.16 Å². The Hall–Kier alpha value is -3.77. The van der Waals surface area contributed by atoms with Crippen LogP contribution in [0.3, 0.4) is 0 Å². The first-order valence-electron chi connectivity index (χ1n) is 10.8. The number of hydrogen-bond donors (Lipinski definition) is 4. The second kappa shape index (κ2) is 10.7. The van der Waals surface area contributed by atoms with E-state index < -0.39 is 22.8 Å². The van der Waals surface area contributed by atoms with Gasteiger partial charge in [-0.05, 0) is 74.5 Å². The SMILES string of the molecule is Cc1cc(Nc2cc(C)nc(Sc3ccc(NC(=O)Nc4ccc(Cl)c(C(F)(F)F)c4)cc3C)n2)[nH]n1. The van der Waals surface area contributed by atoms with Crippen LogP contribution in [0.4, 0.5) is 41.0 Å². The fourth-order valence-electron chi connectivity index (χ4n) is 3.33. The third-order valence-electron chi connectivity index (χ3n) is 4.97. The van der Waals surface area contributed by atoms with Crippen molar-refractivity contribution in [3.8, 4) is 0 Å². The van der Waals surface area contributed by atoms with E-state index in [9.17, 15) is 18.0 Å². The number of benzene rings is 2. The molecular formula is C24H21ClF3N7OS. The highest BCUT2D eigenvalue weighted by atomic mass is 35.5. The van der Waals surface area contributed by atoms with E-state index in [0.29, 0.717) is 22.5 Å². The maximum atomic E-state index is 13.1. The van der Waals surface area contributed by atoms with Crippen molar-refractivity contribution in [2.75, 3.05) is 16.0 Å². The molecule has 37 heavy (non-hydrogen) atoms. The van der Waals surface area contributed by atoms with Gasteiger partial charge >= 0.3 is 12.2 Å². The summed E-state index contributed by atoms with van der Waals surface area (Å²) in [6.07, 6.45) is -4.63. The number of aryl methyl sites for hydroxylation is 3. The second-order valence-electron chi connectivity index (χ2n) is 8.08. The zero-order valence-corrected chi connectivity index (χ0v) is 21.4. The normalized spacial score (nSPS) is 11.3. The zero-order chi connectivity index (χ0) is 26.7. The molecule has 2 amide bonds. The third-order valence-corrected chi connectivity index (χ3v) is 6.34. The standard InChI is InChI=1S/C24H21ClF3N7OS/c1-12-8-15(30-22(36)31-16-4-6-18(25)17(11-16)24(26,27)28)5-7-19(12)37-23-29-13(2)9-20(33-23)32-21-10-14(3)34-35-21/h4-11H,1-3H3,(H2,30,31,36)(H2,29,32,33,34,35). The number of carbonyl (C=O) groups excluding carboxylic acids is 1. The number of aromatic nitrogens is 4. The highest BCUT2D eigenvalue weighted by Gasteiger charge is 2.33. The highest BCUT2D eigenvalue weighted by Crippen LogP contribution is 2.36. The van der Waals surface area contributed by atoms with Crippen molar-refractivity contribution >= 4 is 52.4 Å². The highest BCUT2D eigenvalue weighted by molar-refractivity contribution is 7.99. The van der Waals surface area contributed by atoms with E-state index in [2.05, 4.69) is 36.1 Å². The van der Waals surface area contributed by atoms with Crippen molar-refractivity contribution in [3.63, 3.8) is 0 Å². The summed E-state index contributed by atoms with van der Waals surface area (Å²) in [4.78, 5) is 22.3. The predicted molar refractivity (Wildman–Crippen MR) is 138 cm³/mol. The number of anilines is 4. The lowest BCUT2D eigenvalue weighted by Gasteiger charge is -2.13. The fraction of sp³-hybridized carbons (Fsp3) is 0.167. The summed E-state index contributed by atoms with van der Waals surface area (Å²) in [6, 6.07) is 11.4. The van der Waals surface area contributed by atoms with Crippen molar-refractivity contribution in [2.24, 2.45) is 0 Å². The van der Waals surface area contributed by atoms with Crippen LogP contribution in [0.25, 0.3) is 0 Å². The number of halogens is 4. The zero-order valence-electron chi connectivity index (χ0n) is 19.8. The number of rotatable bonds is 6. The smallest absolute Gasteiger partial charge is 0.325 e. The lowest BCUT2D eigenvalue weighted by molar-refractivity contribution is -0.137. The summed E-state index contributed by atoms with van der Waals surface area (Å²) in [7, 11) is 0. The van der Waals surface area contributed by atoms with Crippen LogP contribution in [-0.4, -0.2) is 26.2 Å². The molecule has 0 unspecified atom stereocenters. The molecule has 0 aliphatic rings. The maximum absolute atomic E-state index is 13.1. The van der Waals surface area contributed by atoms with Gasteiger partial charge < -0.3 is 16.0 Å². The number of amides is 2. The van der Waals surface area contributed by atoms with Gasteiger partial charge in [0.25, 0.3) is 0 Å². The molecule has 0 saturated heterocycles. The number of aromatic amines is 1. The molecule has 13 heteroatoms. The molecule has 4 rings (SSSR count). The minimum atomic E-state index is -4.63. The van der Waals surface area contributed by atoms with Crippen LogP contribution in [0.15, 0.2) is 58.6 Å². The monoisotopic (exact) mass is 547 g/mol. The topological polar surface area (TPSA) is 108 Å². The van der Waals surface area contributed by atoms with E-state index in [1.54, 1.807) is 18.2 Å². The van der Waals surface area contributed by atoms with Crippen LogP contribution >= 0.6 is 23.4 Å². The van der Waals surface area contributed by atoms with E-state index in [0.717, 1.165) is 34.0 Å². The number of nitrogens with one attached hydrogen (secondary N) is 4. The minimum absolute atomic E-state index is 0.0376. The average Bonchev–Trinajstić information content (AvgIpc) is 3.20. The molecule has 2 aromatic heterocycles. The van der Waals surface area contributed by atoms with Crippen LogP contribution in [0, 0.1) is 20.8 Å². The number of hydrogen-bond acceptors (Lipinski definition) is 6. The lowest BCUT2D eigenvalue weighted by atomic mass is 10.2. The van der Waals surface area contributed by atoms with Crippen molar-refractivity contribution in [3.05, 3.63) is 76.1 Å². The Labute approximate surface area is 219 Å². The summed E-state index contributed by atoms with van der Waals surface area (Å²) < 4.78 is 39.2. The molecule has 4 N–H and O–H groups in total. The number of nitrogens with zero attached hydrogens (tertiary/aromatic N) is 3. The van der Waals surface area contributed by atoms with E-state index >= 15 is 0 Å². The van der Waals surface area contributed by atoms with Crippen molar-refractivity contribution < 1.29 is 18.0 Å². The molecule has 0 atom stereocenters. The second-order valence-corrected chi connectivity index (χ2v) is 9.50. The van der Waals surface area contributed by atoms with Crippen molar-refractivity contribution in [1.82, 2.24) is 20.2 Å². The fourth-order valence-corrected chi connectivity index (χ4v) is 4.44. The van der Waals surface area contributed by atoms with Crippen LogP contribution in [-0.2, 0) is 6.18 Å². The van der Waals surface area contributed by atoms with Gasteiger partial charge in [-0.15, -0.1) is 0 Å². The average molecular weight is 548 g/mol. The molecule has 192 valence electrons. The minimum Gasteiger partial charge on any atom is -0.325 e. The Kier molecular flexibility index (Phi) is 7.60. The van der Waals surface area contributed by atoms with Gasteiger partial charge in [-0.3, -0.25) is 5.10 Å². The van der Waals surface area contributed by atoms with E-state index in [-0.39, 0.29) is 5.69 Å². The summed E-state index contributed by atoms with van der Waals surface area (Å²) in [5.41, 5.74) is 1.87. The first kappa shape index (κ1) is 26.3. The molecule has 0 fully saturated rings. The molecule has 8 nitrogen and oxygen atoms in total. The molecule has 0 aliphatic carbocycles. The van der Waals surface area contributed by atoms with Gasteiger partial charge in [-0.25, -0.2) is 14.8 Å². The Morgan fingerprint density at radius 2 is 1.65 bits per heavy atom. The first-order chi connectivity index (χ1) is 17.5. The number of carbonyl (C=O) groups is 1. The summed E-state index contributed by atoms with van der Waals surface area (Å²) in [6.45, 7) is 5.61. The third kappa shape index (κ3) is 6.92. The largest absolute Gasteiger partial charge is 0.417 e. The molecule has 2 heterocycles. The summed E-state index contributed by atoms with van der Waals surface area (Å²) >= 11 is 6.98. The van der Waals surface area contributed by atoms with Crippen LogP contribution < -0.4 is 16.0 Å². The number of alkyl halides is 3. The van der Waals surface area contributed by atoms with Crippen LogP contribution in [0.1, 0.15) is 22.5 Å². The van der Waals surface area contributed by atoms with E-state index in [1.807, 2.05) is 32.9 Å². The molecule has 0 spiro atoms. The predicted octanol–water partition coefficient (Wildman–Crippen LogP) is 7.34. The summed E-state index contributed by atoms with van der Waals surface area (Å²) in [5.74, 6) is 1.33. The van der Waals surface area contributed by atoms with E-state index in [1.165, 1.54) is 17.8 Å². The van der Waals surface area contributed by atoms with Crippen LogP contribution in [0.2, 0.25) is 5.02 Å². The molecular weight excluding hydrogens is 527 g/mol. The van der Waals surface area contributed by atoms with Crippen molar-refractivity contribution in [2.45, 2.75) is 37.0 Å². The van der Waals surface area contributed by atoms with Gasteiger partial charge in [0, 0.05) is 34.1 Å².